The van der Waals surface area contributed by atoms with Gasteiger partial charge >= 0.3 is 0 Å². The number of nitrogens with two attached hydrogens (primary N) is 1. The van der Waals surface area contributed by atoms with Crippen molar-refractivity contribution in [1.29, 1.82) is 0 Å². The number of aromatic nitrogens is 1. The molecule has 1 amide bonds. The molecule has 0 unspecified atom stereocenters. The van der Waals surface area contributed by atoms with E-state index in [1.807, 2.05) is 0 Å². The van der Waals surface area contributed by atoms with Crippen molar-refractivity contribution in [2.24, 2.45) is 5.84 Å². The lowest BCUT2D eigenvalue weighted by Crippen LogP contribution is -2.30. The molecule has 0 saturated heterocycles. The minimum absolute atomic E-state index is 0.393. The third-order valence-corrected chi connectivity index (χ3v) is 2.95. The molecule has 0 saturated carbocycles. The molecule has 88 valence electrons. The van der Waals surface area contributed by atoms with Crippen LogP contribution in [-0.4, -0.2) is 10.9 Å². The Kier molecular flexibility index (Phi) is 3.19. The molecule has 0 aliphatic heterocycles. The van der Waals surface area contributed by atoms with Gasteiger partial charge in [0.25, 0.3) is 5.91 Å². The number of halogens is 2. The molecule has 2 rings (SSSR count). The van der Waals surface area contributed by atoms with Crippen molar-refractivity contribution >= 4 is 40.0 Å². The smallest absolute Gasteiger partial charge is 0.267 e. The van der Waals surface area contributed by atoms with Crippen LogP contribution in [0.5, 0.6) is 0 Å². The summed E-state index contributed by atoms with van der Waals surface area (Å²) >= 11 is 11.9. The first-order chi connectivity index (χ1) is 8.02. The predicted octanol–water partition coefficient (Wildman–Crippen LogP) is 2.45. The Morgan fingerprint density at radius 3 is 2.71 bits per heavy atom. The Hall–Kier alpha value is -1.36. The lowest BCUT2D eigenvalue weighted by atomic mass is 10.1. The Balaban J connectivity index is 2.76. The van der Waals surface area contributed by atoms with E-state index in [4.69, 9.17) is 29.0 Å². The number of hydrogen-bond donors (Lipinski definition) is 2. The maximum atomic E-state index is 11.5. The molecular formula is C11H9Cl2N3O. The van der Waals surface area contributed by atoms with Crippen molar-refractivity contribution in [2.45, 2.75) is 6.92 Å². The van der Waals surface area contributed by atoms with Gasteiger partial charge in [0.1, 0.15) is 0 Å². The van der Waals surface area contributed by atoms with Crippen molar-refractivity contribution in [3.05, 3.63) is 39.5 Å². The van der Waals surface area contributed by atoms with E-state index in [1.165, 1.54) is 0 Å². The summed E-state index contributed by atoms with van der Waals surface area (Å²) in [7, 11) is 0. The first kappa shape index (κ1) is 12.1. The van der Waals surface area contributed by atoms with Crippen LogP contribution < -0.4 is 11.3 Å². The van der Waals surface area contributed by atoms with E-state index in [2.05, 4.69) is 10.4 Å². The summed E-state index contributed by atoms with van der Waals surface area (Å²) in [5.41, 5.74) is 3.68. The molecule has 17 heavy (non-hydrogen) atoms. The number of nitrogens with one attached hydrogen (secondary N) is 1. The van der Waals surface area contributed by atoms with Gasteiger partial charge in [0.2, 0.25) is 0 Å². The van der Waals surface area contributed by atoms with Crippen LogP contribution in [0.2, 0.25) is 10.0 Å². The predicted molar refractivity (Wildman–Crippen MR) is 68.2 cm³/mol. The summed E-state index contributed by atoms with van der Waals surface area (Å²) in [6.07, 6.45) is 0. The van der Waals surface area contributed by atoms with E-state index >= 15 is 0 Å². The van der Waals surface area contributed by atoms with Gasteiger partial charge < -0.3 is 0 Å². The highest BCUT2D eigenvalue weighted by atomic mass is 35.5. The van der Waals surface area contributed by atoms with Crippen LogP contribution in [0.15, 0.2) is 18.2 Å². The van der Waals surface area contributed by atoms with Gasteiger partial charge in [-0.25, -0.2) is 5.84 Å². The Labute approximate surface area is 108 Å². The van der Waals surface area contributed by atoms with Crippen molar-refractivity contribution in [3.8, 4) is 0 Å². The van der Waals surface area contributed by atoms with Gasteiger partial charge in [-0.1, -0.05) is 23.2 Å². The first-order valence-electron chi connectivity index (χ1n) is 4.80. The Bertz CT molecular complexity index is 613. The number of fused-ring (bicyclic) bond motifs is 1. The number of carbonyl (C=O) groups excluding carboxylic acids is 1. The first-order valence-corrected chi connectivity index (χ1v) is 5.56. The maximum Gasteiger partial charge on any atom is 0.267 e. The number of carbonyl (C=O) groups is 1. The molecule has 0 spiro atoms. The number of nitrogen functional groups attached to an aromatic ring is 1. The van der Waals surface area contributed by atoms with Gasteiger partial charge in [-0.2, -0.15) is 0 Å². The van der Waals surface area contributed by atoms with Crippen LogP contribution >= 0.6 is 23.2 Å². The molecule has 1 aromatic carbocycles. The van der Waals surface area contributed by atoms with Gasteiger partial charge in [0.05, 0.1) is 21.8 Å². The fourth-order valence-corrected chi connectivity index (χ4v) is 2.14. The highest BCUT2D eigenvalue weighted by Gasteiger charge is 2.12. The van der Waals surface area contributed by atoms with Crippen molar-refractivity contribution in [3.63, 3.8) is 0 Å². The fourth-order valence-electron chi connectivity index (χ4n) is 1.60. The van der Waals surface area contributed by atoms with Gasteiger partial charge in [-0.15, -0.1) is 0 Å². The average molecular weight is 270 g/mol. The molecular weight excluding hydrogens is 261 g/mol. The van der Waals surface area contributed by atoms with Crippen LogP contribution in [-0.2, 0) is 0 Å². The molecule has 4 nitrogen and oxygen atoms in total. The Morgan fingerprint density at radius 2 is 2.06 bits per heavy atom. The average Bonchev–Trinajstić information content (AvgIpc) is 2.27. The SMILES string of the molecule is Cc1nc2cc(Cl)cc(Cl)c2cc1C(=O)NN. The zero-order chi connectivity index (χ0) is 12.6. The summed E-state index contributed by atoms with van der Waals surface area (Å²) in [6.45, 7) is 1.72. The molecule has 0 aliphatic rings. The zero-order valence-corrected chi connectivity index (χ0v) is 10.4. The van der Waals surface area contributed by atoms with E-state index in [9.17, 15) is 4.79 Å². The number of benzene rings is 1. The molecule has 1 aromatic heterocycles. The van der Waals surface area contributed by atoms with E-state index in [0.29, 0.717) is 32.2 Å². The molecule has 0 bridgehead atoms. The summed E-state index contributed by atoms with van der Waals surface area (Å²) in [6, 6.07) is 4.95. The molecule has 1 heterocycles. The highest BCUT2D eigenvalue weighted by Crippen LogP contribution is 2.28. The van der Waals surface area contributed by atoms with Crippen LogP contribution in [0.3, 0.4) is 0 Å². The van der Waals surface area contributed by atoms with Crippen LogP contribution in [0, 0.1) is 6.92 Å². The van der Waals surface area contributed by atoms with Crippen molar-refractivity contribution in [2.75, 3.05) is 0 Å². The molecule has 0 atom stereocenters. The fraction of sp³-hybridized carbons (Fsp3) is 0.0909. The van der Waals surface area contributed by atoms with E-state index in [-0.39, 0.29) is 0 Å². The lowest BCUT2D eigenvalue weighted by molar-refractivity contribution is 0.0953. The quantitative estimate of drug-likeness (QED) is 0.475. The third-order valence-electron chi connectivity index (χ3n) is 2.41. The summed E-state index contributed by atoms with van der Waals surface area (Å²) in [5.74, 6) is 4.70. The number of aryl methyl sites for hydroxylation is 1. The lowest BCUT2D eigenvalue weighted by Gasteiger charge is -2.07. The molecule has 0 aliphatic carbocycles. The third kappa shape index (κ3) is 2.20. The second-order valence-corrected chi connectivity index (χ2v) is 4.39. The number of amides is 1. The number of pyridine rings is 1. The van der Waals surface area contributed by atoms with Crippen molar-refractivity contribution < 1.29 is 4.79 Å². The van der Waals surface area contributed by atoms with Crippen molar-refractivity contribution in [1.82, 2.24) is 10.4 Å². The standard InChI is InChI=1S/C11H9Cl2N3O/c1-5-7(11(17)16-14)4-8-9(13)2-6(12)3-10(8)15-5/h2-4H,14H2,1H3,(H,16,17). The van der Waals surface area contributed by atoms with Crippen LogP contribution in [0.4, 0.5) is 0 Å². The number of rotatable bonds is 1. The minimum Gasteiger partial charge on any atom is -0.290 e. The number of nitrogens with zero attached hydrogens (tertiary/aromatic N) is 1. The van der Waals surface area contributed by atoms with Crippen LogP contribution in [0.1, 0.15) is 16.1 Å². The molecule has 0 radical (unpaired) electrons. The molecule has 6 heteroatoms. The van der Waals surface area contributed by atoms with E-state index in [0.717, 1.165) is 0 Å². The molecule has 2 aromatic rings. The van der Waals surface area contributed by atoms with E-state index in [1.54, 1.807) is 25.1 Å². The zero-order valence-electron chi connectivity index (χ0n) is 8.92. The topological polar surface area (TPSA) is 68.0 Å². The number of hydrazine groups is 1. The summed E-state index contributed by atoms with van der Waals surface area (Å²) in [4.78, 5) is 15.8. The highest BCUT2D eigenvalue weighted by molar-refractivity contribution is 6.38. The largest absolute Gasteiger partial charge is 0.290 e. The van der Waals surface area contributed by atoms with E-state index < -0.39 is 5.91 Å². The molecule has 0 fully saturated rings. The van der Waals surface area contributed by atoms with Crippen LogP contribution in [0.25, 0.3) is 10.9 Å². The minimum atomic E-state index is -0.400. The summed E-state index contributed by atoms with van der Waals surface area (Å²) < 4.78 is 0. The second kappa shape index (κ2) is 4.49. The van der Waals surface area contributed by atoms with Gasteiger partial charge in [-0.3, -0.25) is 15.2 Å². The molecule has 3 N–H and O–H groups in total. The monoisotopic (exact) mass is 269 g/mol. The van der Waals surface area contributed by atoms with Gasteiger partial charge in [-0.05, 0) is 25.1 Å². The Morgan fingerprint density at radius 1 is 1.35 bits per heavy atom. The van der Waals surface area contributed by atoms with Gasteiger partial charge in [0.15, 0.2) is 0 Å². The normalized spacial score (nSPS) is 10.6. The summed E-state index contributed by atoms with van der Waals surface area (Å²) in [5, 5.41) is 1.62. The second-order valence-electron chi connectivity index (χ2n) is 3.55. The maximum absolute atomic E-state index is 11.5. The van der Waals surface area contributed by atoms with Gasteiger partial charge in [0, 0.05) is 10.4 Å². The number of hydrogen-bond acceptors (Lipinski definition) is 3.